The van der Waals surface area contributed by atoms with E-state index in [0.717, 1.165) is 53.6 Å². The number of benzene rings is 1. The Morgan fingerprint density at radius 1 is 1.10 bits per heavy atom. The highest BCUT2D eigenvalue weighted by Gasteiger charge is 2.29. The van der Waals surface area contributed by atoms with Gasteiger partial charge in [0.05, 0.1) is 4.88 Å². The van der Waals surface area contributed by atoms with Gasteiger partial charge in [-0.05, 0) is 61.9 Å². The molecule has 0 spiro atoms. The molecule has 0 radical (unpaired) electrons. The normalized spacial score (nSPS) is 14.8. The second-order valence-electron chi connectivity index (χ2n) is 7.38. The summed E-state index contributed by atoms with van der Waals surface area (Å²) in [6.07, 6.45) is 1.69. The number of anilines is 2. The molecule has 5 nitrogen and oxygen atoms in total. The third-order valence-corrected chi connectivity index (χ3v) is 6.47. The van der Waals surface area contributed by atoms with Crippen molar-refractivity contribution in [3.8, 4) is 10.6 Å². The summed E-state index contributed by atoms with van der Waals surface area (Å²) in [5.74, 6) is 1.19. The number of para-hydroxylation sites is 1. The van der Waals surface area contributed by atoms with Crippen molar-refractivity contribution in [2.45, 2.75) is 26.7 Å². The summed E-state index contributed by atoms with van der Waals surface area (Å²) >= 11 is 1.67. The minimum absolute atomic E-state index is 0.0594. The van der Waals surface area contributed by atoms with Gasteiger partial charge in [0.2, 0.25) is 5.91 Å². The summed E-state index contributed by atoms with van der Waals surface area (Å²) in [7, 11) is 0. The van der Waals surface area contributed by atoms with E-state index in [2.05, 4.69) is 34.2 Å². The van der Waals surface area contributed by atoms with Gasteiger partial charge in [-0.25, -0.2) is 0 Å². The van der Waals surface area contributed by atoms with Crippen LogP contribution in [0, 0.1) is 12.8 Å². The number of thiophene rings is 1. The number of nitrogens with zero attached hydrogens (tertiary/aromatic N) is 4. The quantitative estimate of drug-likeness (QED) is 0.612. The van der Waals surface area contributed by atoms with E-state index in [1.54, 1.807) is 11.3 Å². The summed E-state index contributed by atoms with van der Waals surface area (Å²) in [6.45, 7) is 6.46. The number of carbonyl (C=O) groups is 1. The smallest absolute Gasteiger partial charge is 0.230 e. The summed E-state index contributed by atoms with van der Waals surface area (Å²) in [5.41, 5.74) is 3.07. The minimum atomic E-state index is 0.0594. The molecule has 0 bridgehead atoms. The van der Waals surface area contributed by atoms with Gasteiger partial charge in [0.15, 0.2) is 5.82 Å². The van der Waals surface area contributed by atoms with E-state index in [4.69, 9.17) is 0 Å². The zero-order valence-electron chi connectivity index (χ0n) is 16.9. The minimum Gasteiger partial charge on any atom is -0.355 e. The molecular weight excluding hydrogens is 380 g/mol. The second-order valence-corrected chi connectivity index (χ2v) is 8.33. The van der Waals surface area contributed by atoms with Crippen LogP contribution < -0.4 is 9.80 Å². The number of piperidine rings is 1. The lowest BCUT2D eigenvalue weighted by molar-refractivity contribution is -0.122. The second kappa shape index (κ2) is 8.74. The van der Waals surface area contributed by atoms with E-state index in [0.29, 0.717) is 6.54 Å². The first-order chi connectivity index (χ1) is 14.2. The van der Waals surface area contributed by atoms with Crippen LogP contribution in [0.3, 0.4) is 0 Å². The van der Waals surface area contributed by atoms with Crippen molar-refractivity contribution in [1.82, 2.24) is 10.2 Å². The third-order valence-electron chi connectivity index (χ3n) is 5.58. The fourth-order valence-corrected chi connectivity index (χ4v) is 4.63. The Kier molecular flexibility index (Phi) is 5.90. The molecule has 29 heavy (non-hydrogen) atoms. The van der Waals surface area contributed by atoms with Crippen molar-refractivity contribution < 1.29 is 4.79 Å². The van der Waals surface area contributed by atoms with Crippen LogP contribution in [0.1, 0.15) is 25.3 Å². The molecular formula is C23H26N4OS. The number of rotatable bonds is 5. The van der Waals surface area contributed by atoms with Gasteiger partial charge in [-0.1, -0.05) is 24.3 Å². The molecule has 150 valence electrons. The van der Waals surface area contributed by atoms with Crippen LogP contribution in [0.5, 0.6) is 0 Å². The highest BCUT2D eigenvalue weighted by molar-refractivity contribution is 7.13. The van der Waals surface area contributed by atoms with Gasteiger partial charge in [0.1, 0.15) is 5.69 Å². The Hall–Kier alpha value is -2.73. The fourth-order valence-electron chi connectivity index (χ4n) is 3.94. The van der Waals surface area contributed by atoms with Gasteiger partial charge in [-0.3, -0.25) is 4.79 Å². The molecule has 0 unspecified atom stereocenters. The van der Waals surface area contributed by atoms with Gasteiger partial charge in [0, 0.05) is 31.2 Å². The molecule has 1 fully saturated rings. The lowest BCUT2D eigenvalue weighted by Crippen LogP contribution is -2.43. The van der Waals surface area contributed by atoms with Crippen LogP contribution >= 0.6 is 11.3 Å². The Labute approximate surface area is 176 Å². The largest absolute Gasteiger partial charge is 0.355 e. The van der Waals surface area contributed by atoms with E-state index in [-0.39, 0.29) is 11.8 Å². The van der Waals surface area contributed by atoms with Crippen molar-refractivity contribution in [1.29, 1.82) is 0 Å². The maximum Gasteiger partial charge on any atom is 0.230 e. The van der Waals surface area contributed by atoms with Crippen molar-refractivity contribution in [3.63, 3.8) is 0 Å². The molecule has 2 aromatic heterocycles. The van der Waals surface area contributed by atoms with Gasteiger partial charge in [-0.2, -0.15) is 0 Å². The molecule has 1 aliphatic rings. The van der Waals surface area contributed by atoms with Crippen molar-refractivity contribution in [2.24, 2.45) is 5.92 Å². The molecule has 1 aromatic carbocycles. The Balaban J connectivity index is 1.40. The van der Waals surface area contributed by atoms with Crippen molar-refractivity contribution >= 4 is 28.7 Å². The molecule has 1 saturated heterocycles. The molecule has 3 heterocycles. The number of hydrogen-bond acceptors (Lipinski definition) is 5. The molecule has 0 N–H and O–H groups in total. The predicted molar refractivity (Wildman–Crippen MR) is 119 cm³/mol. The van der Waals surface area contributed by atoms with Gasteiger partial charge < -0.3 is 9.80 Å². The highest BCUT2D eigenvalue weighted by atomic mass is 32.1. The molecule has 0 aliphatic carbocycles. The lowest BCUT2D eigenvalue weighted by atomic mass is 9.94. The van der Waals surface area contributed by atoms with E-state index >= 15 is 0 Å². The zero-order chi connectivity index (χ0) is 20.2. The molecule has 0 atom stereocenters. The fraction of sp³-hybridized carbons (Fsp3) is 0.348. The molecule has 4 rings (SSSR count). The van der Waals surface area contributed by atoms with Crippen molar-refractivity contribution in [3.05, 3.63) is 59.5 Å². The highest BCUT2D eigenvalue weighted by Crippen LogP contribution is 2.28. The molecule has 1 aliphatic heterocycles. The topological polar surface area (TPSA) is 49.3 Å². The monoisotopic (exact) mass is 406 g/mol. The number of carbonyl (C=O) groups excluding carboxylic acids is 1. The number of amides is 1. The van der Waals surface area contributed by atoms with E-state index < -0.39 is 0 Å². The number of aryl methyl sites for hydroxylation is 1. The average molecular weight is 407 g/mol. The number of aromatic nitrogens is 2. The van der Waals surface area contributed by atoms with Gasteiger partial charge in [0.25, 0.3) is 0 Å². The first kappa shape index (κ1) is 19.6. The predicted octanol–water partition coefficient (Wildman–Crippen LogP) is 4.78. The van der Waals surface area contributed by atoms with E-state index in [1.165, 1.54) is 0 Å². The number of hydrogen-bond donors (Lipinski definition) is 0. The van der Waals surface area contributed by atoms with Gasteiger partial charge in [-0.15, -0.1) is 21.5 Å². The molecule has 0 saturated carbocycles. The summed E-state index contributed by atoms with van der Waals surface area (Å²) < 4.78 is 0. The molecule has 6 heteroatoms. The Morgan fingerprint density at radius 3 is 2.52 bits per heavy atom. The van der Waals surface area contributed by atoms with Crippen LogP contribution in [-0.2, 0) is 4.79 Å². The van der Waals surface area contributed by atoms with E-state index in [9.17, 15) is 4.79 Å². The van der Waals surface area contributed by atoms with Crippen LogP contribution in [0.25, 0.3) is 10.6 Å². The first-order valence-corrected chi connectivity index (χ1v) is 11.0. The Bertz CT molecular complexity index is 947. The zero-order valence-corrected chi connectivity index (χ0v) is 17.7. The maximum atomic E-state index is 13.2. The average Bonchev–Trinajstić information content (AvgIpc) is 3.31. The van der Waals surface area contributed by atoms with Crippen LogP contribution in [0.2, 0.25) is 0 Å². The van der Waals surface area contributed by atoms with Crippen LogP contribution in [0.15, 0.2) is 53.9 Å². The summed E-state index contributed by atoms with van der Waals surface area (Å²) in [6, 6.07) is 16.3. The summed E-state index contributed by atoms with van der Waals surface area (Å²) in [5, 5.41) is 10.9. The van der Waals surface area contributed by atoms with E-state index in [1.807, 2.05) is 53.6 Å². The third kappa shape index (κ3) is 4.17. The molecule has 3 aromatic rings. The lowest BCUT2D eigenvalue weighted by Gasteiger charge is -2.34. The molecule has 1 amide bonds. The van der Waals surface area contributed by atoms with Gasteiger partial charge >= 0.3 is 0 Å². The van der Waals surface area contributed by atoms with Crippen LogP contribution in [0.4, 0.5) is 11.5 Å². The standard InChI is InChI=1S/C23H26N4OS/c1-3-27(20-8-5-4-7-17(20)2)23(28)18-12-14-26(15-13-18)22-11-10-19(24-25-22)21-9-6-16-29-21/h4-11,16,18H,3,12-15H2,1-2H3. The Morgan fingerprint density at radius 2 is 1.90 bits per heavy atom. The van der Waals surface area contributed by atoms with Crippen LogP contribution in [-0.4, -0.2) is 35.7 Å². The SMILES string of the molecule is CCN(C(=O)C1CCN(c2ccc(-c3cccs3)nn2)CC1)c1ccccc1C. The van der Waals surface area contributed by atoms with Crippen molar-refractivity contribution in [2.75, 3.05) is 29.4 Å². The first-order valence-electron chi connectivity index (χ1n) is 10.2. The maximum absolute atomic E-state index is 13.2. The summed E-state index contributed by atoms with van der Waals surface area (Å²) in [4.78, 5) is 18.5.